The predicted octanol–water partition coefficient (Wildman–Crippen LogP) is 13.9. The molecule has 0 unspecified atom stereocenters. The number of para-hydroxylation sites is 3. The molecule has 1 aliphatic rings. The zero-order valence-electron chi connectivity index (χ0n) is 34.9. The summed E-state index contributed by atoms with van der Waals surface area (Å²) in [6.45, 7) is 20.4. The van der Waals surface area contributed by atoms with E-state index in [-0.39, 0.29) is 37.3 Å². The molecule has 59 heavy (non-hydrogen) atoms. The van der Waals surface area contributed by atoms with Crippen molar-refractivity contribution in [3.8, 4) is 17.3 Å². The van der Waals surface area contributed by atoms with Gasteiger partial charge >= 0.3 is 0 Å². The van der Waals surface area contributed by atoms with Crippen molar-refractivity contribution in [2.75, 3.05) is 9.80 Å². The molecule has 0 radical (unpaired) electrons. The van der Waals surface area contributed by atoms with Gasteiger partial charge in [-0.1, -0.05) is 128 Å². The third-order valence-corrected chi connectivity index (χ3v) is 11.5. The van der Waals surface area contributed by atoms with E-state index in [2.05, 4.69) is 210 Å². The maximum absolute atomic E-state index is 6.60. The van der Waals surface area contributed by atoms with E-state index in [4.69, 9.17) is 9.72 Å². The minimum atomic E-state index is -0.197. The van der Waals surface area contributed by atoms with Crippen LogP contribution in [0.15, 0.2) is 146 Å². The van der Waals surface area contributed by atoms with Crippen LogP contribution >= 0.6 is 0 Å². The van der Waals surface area contributed by atoms with E-state index in [1.807, 2.05) is 24.4 Å². The Balaban J connectivity index is 0.00000484. The summed E-state index contributed by atoms with van der Waals surface area (Å²) < 4.78 is 8.79. The Bertz CT molecular complexity index is 2810. The third kappa shape index (κ3) is 7.47. The second-order valence-electron chi connectivity index (χ2n) is 17.9. The van der Waals surface area contributed by atoms with Crippen LogP contribution in [0.4, 0.5) is 22.7 Å². The van der Waals surface area contributed by atoms with Crippen LogP contribution in [0.1, 0.15) is 77.6 Å². The van der Waals surface area contributed by atoms with Crippen LogP contribution in [0.2, 0.25) is 0 Å². The minimum absolute atomic E-state index is 0. The van der Waals surface area contributed by atoms with E-state index in [1.165, 1.54) is 22.3 Å². The summed E-state index contributed by atoms with van der Waals surface area (Å²) in [5.74, 6) is 2.07. The van der Waals surface area contributed by atoms with E-state index >= 15 is 0 Å². The number of aromatic nitrogens is 2. The number of anilines is 4. The molecule has 6 heteroatoms. The van der Waals surface area contributed by atoms with E-state index in [1.54, 1.807) is 0 Å². The van der Waals surface area contributed by atoms with Gasteiger partial charge in [0, 0.05) is 66.8 Å². The number of fused-ring (bicyclic) bond motifs is 4. The Labute approximate surface area is 363 Å². The molecule has 0 saturated carbocycles. The van der Waals surface area contributed by atoms with Crippen molar-refractivity contribution in [2.45, 2.75) is 71.6 Å². The van der Waals surface area contributed by atoms with E-state index in [0.29, 0.717) is 11.5 Å². The number of nitrogens with zero attached hydrogens (tertiary/aromatic N) is 4. The van der Waals surface area contributed by atoms with Crippen molar-refractivity contribution >= 4 is 44.6 Å². The van der Waals surface area contributed by atoms with Crippen molar-refractivity contribution in [2.24, 2.45) is 0 Å². The topological polar surface area (TPSA) is 33.5 Å². The molecule has 5 nitrogen and oxygen atoms in total. The van der Waals surface area contributed by atoms with E-state index in [9.17, 15) is 0 Å². The number of pyridine rings is 1. The van der Waals surface area contributed by atoms with Crippen molar-refractivity contribution in [3.05, 3.63) is 187 Å². The summed E-state index contributed by atoms with van der Waals surface area (Å²) >= 11 is 0. The fraction of sp³-hybridized carbons (Fsp3) is 0.208. The van der Waals surface area contributed by atoms with E-state index < -0.39 is 0 Å². The SMILES string of the molecule is CC(C)(C)c1cc(N2[CH-]N(c3[c-]c(Oc4[c-]c5c(cc4)c4ccccc4n5-c4cc(C(C)(C)C)ccn4)ccc3)c3ccccc32)cc(C(C)(C)c2ccccc2)c1.[Pt]. The van der Waals surface area contributed by atoms with Gasteiger partial charge in [-0.15, -0.1) is 48.1 Å². The van der Waals surface area contributed by atoms with Gasteiger partial charge in [-0.3, -0.25) is 0 Å². The largest absolute Gasteiger partial charge is 0.509 e. The molecule has 300 valence electrons. The molecular weight excluding hydrogens is 904 g/mol. The number of ether oxygens (including phenoxy) is 1. The summed E-state index contributed by atoms with van der Waals surface area (Å²) in [6, 6.07) is 56.6. The predicted molar refractivity (Wildman–Crippen MR) is 240 cm³/mol. The Morgan fingerprint density at radius 2 is 1.20 bits per heavy atom. The first kappa shape index (κ1) is 40.2. The summed E-state index contributed by atoms with van der Waals surface area (Å²) in [6.07, 6.45) is 1.90. The second kappa shape index (κ2) is 15.2. The molecule has 6 aromatic carbocycles. The van der Waals surface area contributed by atoms with Crippen LogP contribution in [0.25, 0.3) is 27.6 Å². The first-order valence-corrected chi connectivity index (χ1v) is 20.1. The molecule has 0 N–H and O–H groups in total. The molecule has 0 aliphatic carbocycles. The molecule has 0 bridgehead atoms. The first-order chi connectivity index (χ1) is 27.8. The van der Waals surface area contributed by atoms with Crippen molar-refractivity contribution < 1.29 is 25.8 Å². The van der Waals surface area contributed by atoms with Crippen LogP contribution in [-0.4, -0.2) is 9.55 Å². The normalized spacial score (nSPS) is 13.2. The molecule has 0 saturated heterocycles. The molecule has 1 aliphatic heterocycles. The Morgan fingerprint density at radius 3 is 1.95 bits per heavy atom. The average Bonchev–Trinajstić information content (AvgIpc) is 3.77. The van der Waals surface area contributed by atoms with Gasteiger partial charge in [0.15, 0.2) is 0 Å². The molecular formula is C53H49N4OPt-3. The number of rotatable bonds is 7. The Hall–Kier alpha value is -5.64. The summed E-state index contributed by atoms with van der Waals surface area (Å²) in [4.78, 5) is 9.35. The molecule has 8 aromatic rings. The van der Waals surface area contributed by atoms with Crippen LogP contribution in [-0.2, 0) is 37.3 Å². The standard InChI is InChI=1S/C53H49N4O.Pt/c1-51(2,3)37-27-28-54-50(32-37)57-46-22-13-12-21-44(46)45-26-25-43(34-49(45)57)58-42-20-16-19-40(33-42)55-35-56(48-24-15-14-23-47(48)55)41-30-38(52(4,5)6)29-39(31-41)53(7,8)36-17-10-9-11-18-36;/h9-32,35H,1-8H3;/q-3;. The summed E-state index contributed by atoms with van der Waals surface area (Å²) in [5, 5.41) is 2.24. The zero-order valence-corrected chi connectivity index (χ0v) is 37.2. The van der Waals surface area contributed by atoms with Gasteiger partial charge in [-0.25, -0.2) is 4.98 Å². The Kier molecular flexibility index (Phi) is 10.3. The van der Waals surface area contributed by atoms with Gasteiger partial charge in [0.1, 0.15) is 5.82 Å². The molecule has 0 fully saturated rings. The molecule has 0 spiro atoms. The quantitative estimate of drug-likeness (QED) is 0.149. The minimum Gasteiger partial charge on any atom is -0.509 e. The van der Waals surface area contributed by atoms with Crippen molar-refractivity contribution in [1.29, 1.82) is 0 Å². The monoisotopic (exact) mass is 952 g/mol. The summed E-state index contributed by atoms with van der Waals surface area (Å²) in [5.41, 5.74) is 11.0. The number of benzene rings is 6. The second-order valence-corrected chi connectivity index (χ2v) is 17.9. The van der Waals surface area contributed by atoms with Crippen LogP contribution in [0, 0.1) is 18.8 Å². The van der Waals surface area contributed by atoms with Gasteiger partial charge < -0.3 is 19.1 Å². The maximum Gasteiger partial charge on any atom is 0.135 e. The maximum atomic E-state index is 6.60. The van der Waals surface area contributed by atoms with Crippen LogP contribution < -0.4 is 14.5 Å². The van der Waals surface area contributed by atoms with Crippen molar-refractivity contribution in [1.82, 2.24) is 9.55 Å². The zero-order chi connectivity index (χ0) is 40.4. The van der Waals surface area contributed by atoms with Gasteiger partial charge in [0.05, 0.1) is 0 Å². The third-order valence-electron chi connectivity index (χ3n) is 11.5. The summed E-state index contributed by atoms with van der Waals surface area (Å²) in [7, 11) is 0. The molecule has 3 heterocycles. The fourth-order valence-electron chi connectivity index (χ4n) is 8.01. The molecule has 9 rings (SSSR count). The Morgan fingerprint density at radius 1 is 0.542 bits per heavy atom. The number of hydrogen-bond acceptors (Lipinski definition) is 4. The van der Waals surface area contributed by atoms with Crippen LogP contribution in [0.3, 0.4) is 0 Å². The fourth-order valence-corrected chi connectivity index (χ4v) is 8.01. The van der Waals surface area contributed by atoms with Gasteiger partial charge in [0.25, 0.3) is 0 Å². The number of hydrogen-bond donors (Lipinski definition) is 0. The van der Waals surface area contributed by atoms with Crippen LogP contribution in [0.5, 0.6) is 11.5 Å². The molecule has 0 amide bonds. The van der Waals surface area contributed by atoms with Gasteiger partial charge in [-0.2, -0.15) is 12.1 Å². The smallest absolute Gasteiger partial charge is 0.135 e. The molecule has 2 aromatic heterocycles. The average molecular weight is 953 g/mol. The van der Waals surface area contributed by atoms with Crippen molar-refractivity contribution in [3.63, 3.8) is 0 Å². The van der Waals surface area contributed by atoms with Gasteiger partial charge in [0.2, 0.25) is 0 Å². The first-order valence-electron chi connectivity index (χ1n) is 20.1. The van der Waals surface area contributed by atoms with E-state index in [0.717, 1.165) is 50.4 Å². The van der Waals surface area contributed by atoms with Gasteiger partial charge in [-0.05, 0) is 80.9 Å². The molecule has 0 atom stereocenters.